The second kappa shape index (κ2) is 9.55. The molecule has 0 atom stereocenters. The Morgan fingerprint density at radius 3 is 1.81 bits per heavy atom. The molecule has 0 aromatic heterocycles. The highest BCUT2D eigenvalue weighted by Crippen LogP contribution is 2.27. The Morgan fingerprint density at radius 1 is 0.889 bits per heavy atom. The standard InChI is InChI=1S/C16H10BF9O/c1-3-5-27-17(6-8(19)11(21)10(20)7(18)4-2)9-12(22)14(24)16(26)15(25)13(9)23/h2H,3,5-6H2,1H3/b10-7-,11-8-. The molecule has 0 heterocycles. The third-order valence-corrected chi connectivity index (χ3v) is 3.20. The molecule has 1 nitrogen and oxygen atoms in total. The monoisotopic (exact) mass is 400 g/mol. The number of terminal acetylenes is 1. The lowest BCUT2D eigenvalue weighted by atomic mass is 9.57. The van der Waals surface area contributed by atoms with E-state index in [1.54, 1.807) is 0 Å². The zero-order valence-electron chi connectivity index (χ0n) is 13.6. The van der Waals surface area contributed by atoms with Crippen molar-refractivity contribution in [3.05, 3.63) is 52.4 Å². The molecule has 11 heteroatoms. The number of allylic oxidation sites excluding steroid dienone is 4. The van der Waals surface area contributed by atoms with Crippen molar-refractivity contribution in [3.63, 3.8) is 0 Å². The van der Waals surface area contributed by atoms with Gasteiger partial charge in [0.15, 0.2) is 34.9 Å². The predicted molar refractivity (Wildman–Crippen MR) is 80.0 cm³/mol. The highest BCUT2D eigenvalue weighted by molar-refractivity contribution is 6.68. The van der Waals surface area contributed by atoms with E-state index >= 15 is 0 Å². The molecule has 0 spiro atoms. The van der Waals surface area contributed by atoms with Crippen LogP contribution in [0.5, 0.6) is 0 Å². The third kappa shape index (κ3) is 4.88. The summed E-state index contributed by atoms with van der Waals surface area (Å²) in [6.07, 6.45) is 3.15. The molecule has 27 heavy (non-hydrogen) atoms. The van der Waals surface area contributed by atoms with Gasteiger partial charge in [0, 0.05) is 18.4 Å². The Bertz CT molecular complexity index is 797. The molecule has 1 rings (SSSR count). The summed E-state index contributed by atoms with van der Waals surface area (Å²) in [5, 5.41) is 0. The Morgan fingerprint density at radius 2 is 1.37 bits per heavy atom. The first-order chi connectivity index (χ1) is 12.6. The highest BCUT2D eigenvalue weighted by atomic mass is 19.2. The van der Waals surface area contributed by atoms with Gasteiger partial charge in [-0.25, -0.2) is 30.7 Å². The summed E-state index contributed by atoms with van der Waals surface area (Å²) in [7, 11) is 0. The molecule has 0 aliphatic carbocycles. The summed E-state index contributed by atoms with van der Waals surface area (Å²) >= 11 is 0. The van der Waals surface area contributed by atoms with Gasteiger partial charge in [0.1, 0.15) is 5.83 Å². The van der Waals surface area contributed by atoms with Crippen LogP contribution in [-0.4, -0.2) is 13.5 Å². The molecule has 0 unspecified atom stereocenters. The first-order valence-corrected chi connectivity index (χ1v) is 7.27. The van der Waals surface area contributed by atoms with Crippen molar-refractivity contribution < 1.29 is 44.2 Å². The topological polar surface area (TPSA) is 9.23 Å². The van der Waals surface area contributed by atoms with Crippen LogP contribution < -0.4 is 5.46 Å². The number of benzene rings is 1. The van der Waals surface area contributed by atoms with Crippen molar-refractivity contribution in [1.82, 2.24) is 0 Å². The molecule has 0 aliphatic rings. The van der Waals surface area contributed by atoms with E-state index in [0.717, 1.165) is 5.92 Å². The minimum atomic E-state index is -2.46. The molecular formula is C16H10BF9O. The molecule has 0 saturated carbocycles. The van der Waals surface area contributed by atoms with Gasteiger partial charge in [-0.05, 0) is 12.3 Å². The van der Waals surface area contributed by atoms with Crippen LogP contribution in [0.2, 0.25) is 6.32 Å². The van der Waals surface area contributed by atoms with Gasteiger partial charge >= 0.3 is 6.92 Å². The van der Waals surface area contributed by atoms with Gasteiger partial charge in [0.2, 0.25) is 11.7 Å². The van der Waals surface area contributed by atoms with Gasteiger partial charge in [0.05, 0.1) is 0 Å². The molecule has 0 aliphatic heterocycles. The molecule has 0 bridgehead atoms. The number of rotatable bonds is 7. The molecule has 0 N–H and O–H groups in total. The van der Waals surface area contributed by atoms with E-state index in [1.165, 1.54) is 6.92 Å². The van der Waals surface area contributed by atoms with Gasteiger partial charge in [-0.3, -0.25) is 0 Å². The fraction of sp³-hybridized carbons (Fsp3) is 0.250. The summed E-state index contributed by atoms with van der Waals surface area (Å²) < 4.78 is 126. The fourth-order valence-corrected chi connectivity index (χ4v) is 1.94. The first kappa shape index (κ1) is 22.7. The number of halogens is 9. The molecule has 1 aromatic carbocycles. The van der Waals surface area contributed by atoms with E-state index in [2.05, 4.69) is 6.42 Å². The maximum Gasteiger partial charge on any atom is 0.339 e. The molecule has 0 fully saturated rings. The third-order valence-electron chi connectivity index (χ3n) is 3.20. The van der Waals surface area contributed by atoms with Gasteiger partial charge < -0.3 is 4.65 Å². The number of hydrogen-bond acceptors (Lipinski definition) is 1. The van der Waals surface area contributed by atoms with E-state index in [9.17, 15) is 39.5 Å². The second-order valence-corrected chi connectivity index (χ2v) is 5.04. The smallest absolute Gasteiger partial charge is 0.339 e. The van der Waals surface area contributed by atoms with E-state index in [0.29, 0.717) is 0 Å². The summed E-state index contributed by atoms with van der Waals surface area (Å²) in [6.45, 7) is -1.08. The van der Waals surface area contributed by atoms with Crippen molar-refractivity contribution in [2.45, 2.75) is 19.7 Å². The van der Waals surface area contributed by atoms with Crippen molar-refractivity contribution in [1.29, 1.82) is 0 Å². The maximum absolute atomic E-state index is 13.9. The summed E-state index contributed by atoms with van der Waals surface area (Å²) in [5.41, 5.74) is -1.58. The minimum Gasteiger partial charge on any atom is -0.430 e. The van der Waals surface area contributed by atoms with E-state index < -0.39 is 71.1 Å². The fourth-order valence-electron chi connectivity index (χ4n) is 1.94. The van der Waals surface area contributed by atoms with Crippen LogP contribution in [0.15, 0.2) is 23.3 Å². The van der Waals surface area contributed by atoms with Crippen LogP contribution in [0, 0.1) is 41.4 Å². The molecule has 146 valence electrons. The molecular weight excluding hydrogens is 390 g/mol. The minimum absolute atomic E-state index is 0.166. The summed E-state index contributed by atoms with van der Waals surface area (Å²) in [5.74, 6) is -19.7. The van der Waals surface area contributed by atoms with E-state index in [1.807, 2.05) is 0 Å². The highest BCUT2D eigenvalue weighted by Gasteiger charge is 2.35. The van der Waals surface area contributed by atoms with Crippen LogP contribution in [-0.2, 0) is 4.65 Å². The van der Waals surface area contributed by atoms with E-state index in [-0.39, 0.29) is 13.0 Å². The molecule has 0 radical (unpaired) electrons. The molecule has 1 aromatic rings. The lowest BCUT2D eigenvalue weighted by molar-refractivity contribution is 0.320. The molecule has 0 amide bonds. The predicted octanol–water partition coefficient (Wildman–Crippen LogP) is 4.94. The molecule has 0 saturated heterocycles. The lowest BCUT2D eigenvalue weighted by Crippen LogP contribution is -2.41. The second-order valence-electron chi connectivity index (χ2n) is 5.04. The Hall–Kier alpha value is -2.35. The first-order valence-electron chi connectivity index (χ1n) is 7.27. The zero-order chi connectivity index (χ0) is 20.9. The average molecular weight is 400 g/mol. The van der Waals surface area contributed by atoms with Crippen molar-refractivity contribution in [2.24, 2.45) is 0 Å². The van der Waals surface area contributed by atoms with Gasteiger partial charge in [-0.15, -0.1) is 6.42 Å². The van der Waals surface area contributed by atoms with Gasteiger partial charge in [-0.2, -0.15) is 8.78 Å². The van der Waals surface area contributed by atoms with Crippen molar-refractivity contribution in [2.75, 3.05) is 6.61 Å². The van der Waals surface area contributed by atoms with Crippen molar-refractivity contribution >= 4 is 12.4 Å². The van der Waals surface area contributed by atoms with E-state index in [4.69, 9.17) is 4.65 Å². The largest absolute Gasteiger partial charge is 0.430 e. The quantitative estimate of drug-likeness (QED) is 0.157. The average Bonchev–Trinajstić information content (AvgIpc) is 2.66. The van der Waals surface area contributed by atoms with Crippen LogP contribution in [0.3, 0.4) is 0 Å². The summed E-state index contributed by atoms with van der Waals surface area (Å²) in [4.78, 5) is 0. The number of hydrogen-bond donors (Lipinski definition) is 0. The maximum atomic E-state index is 13.9. The lowest BCUT2D eigenvalue weighted by Gasteiger charge is -2.16. The Kier molecular flexibility index (Phi) is 8.03. The van der Waals surface area contributed by atoms with Gasteiger partial charge in [0.25, 0.3) is 0 Å². The van der Waals surface area contributed by atoms with Gasteiger partial charge in [-0.1, -0.05) is 6.92 Å². The SMILES string of the molecule is C#C/C(F)=C(F)\C(F)=C(\F)CB(OCCC)c1c(F)c(F)c(F)c(F)c1F. The zero-order valence-corrected chi connectivity index (χ0v) is 13.6. The summed E-state index contributed by atoms with van der Waals surface area (Å²) in [6, 6.07) is 0. The van der Waals surface area contributed by atoms with Crippen LogP contribution in [0.1, 0.15) is 13.3 Å². The van der Waals surface area contributed by atoms with Crippen LogP contribution >= 0.6 is 0 Å². The van der Waals surface area contributed by atoms with Crippen LogP contribution in [0.4, 0.5) is 39.5 Å². The Labute approximate surface area is 148 Å². The normalized spacial score (nSPS) is 13.1. The Balaban J connectivity index is 3.48. The van der Waals surface area contributed by atoms with Crippen molar-refractivity contribution in [3.8, 4) is 12.3 Å². The van der Waals surface area contributed by atoms with Crippen LogP contribution in [0.25, 0.3) is 0 Å².